The number of ether oxygens (including phenoxy) is 1. The zero-order chi connectivity index (χ0) is 20.0. The van der Waals surface area contributed by atoms with Crippen LogP contribution in [0, 0.1) is 5.92 Å². The minimum absolute atomic E-state index is 0.0535. The second kappa shape index (κ2) is 9.17. The first kappa shape index (κ1) is 22.2. The Bertz CT molecular complexity index is 562. The van der Waals surface area contributed by atoms with Crippen LogP contribution in [0.4, 0.5) is 4.79 Å². The second-order valence-electron chi connectivity index (χ2n) is 8.26. The fourth-order valence-corrected chi connectivity index (χ4v) is 3.10. The summed E-state index contributed by atoms with van der Waals surface area (Å²) in [5.41, 5.74) is -0.495. The quantitative estimate of drug-likeness (QED) is 0.552. The van der Waals surface area contributed by atoms with Gasteiger partial charge in [-0.25, -0.2) is 4.79 Å². The number of rotatable bonds is 7. The van der Waals surface area contributed by atoms with Gasteiger partial charge >= 0.3 is 6.09 Å². The van der Waals surface area contributed by atoms with Crippen molar-refractivity contribution in [2.75, 3.05) is 19.6 Å². The third-order valence-corrected chi connectivity index (χ3v) is 4.67. The van der Waals surface area contributed by atoms with Crippen molar-refractivity contribution in [2.24, 2.45) is 5.92 Å². The molecule has 0 bridgehead atoms. The largest absolute Gasteiger partial charge is 0.444 e. The summed E-state index contributed by atoms with van der Waals surface area (Å²) in [6.45, 7) is 19.1. The van der Waals surface area contributed by atoms with Crippen LogP contribution in [-0.2, 0) is 9.53 Å². The van der Waals surface area contributed by atoms with E-state index in [-0.39, 0.29) is 11.9 Å². The van der Waals surface area contributed by atoms with Crippen molar-refractivity contribution >= 4 is 11.9 Å². The number of hydrogen-bond acceptors (Lipinski definition) is 4. The van der Waals surface area contributed by atoms with E-state index < -0.39 is 11.1 Å². The van der Waals surface area contributed by atoms with Gasteiger partial charge in [0.25, 0.3) is 0 Å². The molecule has 26 heavy (non-hydrogen) atoms. The van der Waals surface area contributed by atoms with E-state index in [0.717, 1.165) is 25.9 Å². The molecule has 1 rings (SSSR count). The van der Waals surface area contributed by atoms with E-state index >= 15 is 0 Å². The van der Waals surface area contributed by atoms with E-state index in [1.807, 2.05) is 34.6 Å². The summed E-state index contributed by atoms with van der Waals surface area (Å²) in [5, 5.41) is 2.85. The molecule has 146 valence electrons. The van der Waals surface area contributed by atoms with Gasteiger partial charge in [0.1, 0.15) is 5.60 Å². The van der Waals surface area contributed by atoms with Gasteiger partial charge in [-0.1, -0.05) is 31.4 Å². The van der Waals surface area contributed by atoms with Crippen LogP contribution in [0.2, 0.25) is 0 Å². The Labute approximate surface area is 158 Å². The number of hydrogen-bond donors (Lipinski definition) is 1. The Morgan fingerprint density at radius 3 is 2.19 bits per heavy atom. The summed E-state index contributed by atoms with van der Waals surface area (Å²) >= 11 is 0. The molecule has 0 aliphatic carbocycles. The Morgan fingerprint density at radius 2 is 1.73 bits per heavy atom. The van der Waals surface area contributed by atoms with Crippen LogP contribution in [0.5, 0.6) is 0 Å². The minimum atomic E-state index is -0.591. The van der Waals surface area contributed by atoms with Gasteiger partial charge in [-0.2, -0.15) is 0 Å². The van der Waals surface area contributed by atoms with Gasteiger partial charge in [0, 0.05) is 12.1 Å². The molecule has 1 fully saturated rings. The van der Waals surface area contributed by atoms with Crippen LogP contribution >= 0.6 is 0 Å². The third-order valence-electron chi connectivity index (χ3n) is 4.67. The molecule has 0 saturated carbocycles. The smallest absolute Gasteiger partial charge is 0.407 e. The van der Waals surface area contributed by atoms with Gasteiger partial charge < -0.3 is 10.1 Å². The summed E-state index contributed by atoms with van der Waals surface area (Å²) in [6.07, 6.45) is 6.39. The molecular formula is C21H34N2O3. The number of nitrogens with one attached hydrogen (secondary N) is 1. The summed E-state index contributed by atoms with van der Waals surface area (Å²) in [7, 11) is 0. The highest BCUT2D eigenvalue weighted by Gasteiger charge is 2.37. The molecular weight excluding hydrogens is 328 g/mol. The zero-order valence-corrected chi connectivity index (χ0v) is 16.9. The first-order valence-electron chi connectivity index (χ1n) is 9.23. The number of nitrogens with zero attached hydrogens (tertiary/aromatic N) is 1. The molecule has 0 unspecified atom stereocenters. The lowest BCUT2D eigenvalue weighted by Gasteiger charge is -2.42. The predicted molar refractivity (Wildman–Crippen MR) is 106 cm³/mol. The molecule has 1 saturated heterocycles. The minimum Gasteiger partial charge on any atom is -0.444 e. The molecule has 0 spiro atoms. The fourth-order valence-electron chi connectivity index (χ4n) is 3.10. The maximum atomic E-state index is 12.8. The highest BCUT2D eigenvalue weighted by Crippen LogP contribution is 2.27. The van der Waals surface area contributed by atoms with E-state index in [9.17, 15) is 9.59 Å². The van der Waals surface area contributed by atoms with E-state index in [2.05, 4.69) is 23.4 Å². The monoisotopic (exact) mass is 362 g/mol. The number of carbonyl (C=O) groups is 2. The fraction of sp³-hybridized carbons (Fsp3) is 0.619. The van der Waals surface area contributed by atoms with Crippen LogP contribution in [-0.4, -0.2) is 47.6 Å². The van der Waals surface area contributed by atoms with Gasteiger partial charge in [-0.3, -0.25) is 9.69 Å². The highest BCUT2D eigenvalue weighted by molar-refractivity contribution is 6.04. The number of ketones is 1. The molecule has 0 aromatic heterocycles. The van der Waals surface area contributed by atoms with Crippen LogP contribution in [0.25, 0.3) is 0 Å². The molecule has 1 amide bonds. The van der Waals surface area contributed by atoms with E-state index in [1.54, 1.807) is 18.2 Å². The maximum Gasteiger partial charge on any atom is 0.407 e. The van der Waals surface area contributed by atoms with Crippen LogP contribution in [0.1, 0.15) is 47.5 Å². The summed E-state index contributed by atoms with van der Waals surface area (Å²) in [6, 6.07) is 0. The van der Waals surface area contributed by atoms with E-state index in [0.29, 0.717) is 18.0 Å². The molecule has 5 heteroatoms. The van der Waals surface area contributed by atoms with E-state index in [4.69, 9.17) is 4.74 Å². The summed E-state index contributed by atoms with van der Waals surface area (Å²) in [4.78, 5) is 26.8. The van der Waals surface area contributed by atoms with Crippen molar-refractivity contribution in [1.82, 2.24) is 10.2 Å². The summed E-state index contributed by atoms with van der Waals surface area (Å²) in [5.74, 6) is 0.449. The van der Waals surface area contributed by atoms with Crippen LogP contribution in [0.15, 0.2) is 37.0 Å². The zero-order valence-electron chi connectivity index (χ0n) is 16.9. The number of allylic oxidation sites excluding steroid dienone is 3. The van der Waals surface area contributed by atoms with Crippen molar-refractivity contribution in [1.29, 1.82) is 0 Å². The van der Waals surface area contributed by atoms with Crippen molar-refractivity contribution in [3.05, 3.63) is 37.0 Å². The van der Waals surface area contributed by atoms with Gasteiger partial charge in [-0.05, 0) is 66.5 Å². The third kappa shape index (κ3) is 6.45. The molecule has 0 aromatic carbocycles. The van der Waals surface area contributed by atoms with Crippen molar-refractivity contribution in [3.8, 4) is 0 Å². The standard InChI is InChI=1S/C21H34N2O3/c1-8-10-17(9-2)18(24)21(6,7)23-13-11-16(12-14-23)15-22-19(25)26-20(3,4)5/h8-10,16H,1-2,11-15H2,3-7H3,(H,22,25)/b17-10+. The SMILES string of the molecule is C=C/C=C(\C=C)C(=O)C(C)(C)N1CCC(CNC(=O)OC(C)(C)C)CC1. The van der Waals surface area contributed by atoms with Crippen molar-refractivity contribution < 1.29 is 14.3 Å². The second-order valence-corrected chi connectivity index (χ2v) is 8.26. The highest BCUT2D eigenvalue weighted by atomic mass is 16.6. The molecule has 1 aliphatic rings. The predicted octanol–water partition coefficient (Wildman–Crippen LogP) is 3.87. The van der Waals surface area contributed by atoms with Crippen LogP contribution in [0.3, 0.4) is 0 Å². The number of amides is 1. The maximum absolute atomic E-state index is 12.8. The van der Waals surface area contributed by atoms with Gasteiger partial charge in [-0.15, -0.1) is 0 Å². The lowest BCUT2D eigenvalue weighted by Crippen LogP contribution is -2.54. The normalized spacial score (nSPS) is 17.5. The number of carbonyl (C=O) groups excluding carboxylic acids is 2. The summed E-state index contributed by atoms with van der Waals surface area (Å²) < 4.78 is 5.27. The Hall–Kier alpha value is -1.88. The number of Topliss-reactive ketones (excluding diaryl/α,β-unsaturated/α-hetero) is 1. The van der Waals surface area contributed by atoms with Crippen LogP contribution < -0.4 is 5.32 Å². The lowest BCUT2D eigenvalue weighted by atomic mass is 9.87. The van der Waals surface area contributed by atoms with Crippen molar-refractivity contribution in [2.45, 2.75) is 58.6 Å². The van der Waals surface area contributed by atoms with Gasteiger partial charge in [0.2, 0.25) is 0 Å². The molecule has 0 aromatic rings. The van der Waals surface area contributed by atoms with Gasteiger partial charge in [0.05, 0.1) is 5.54 Å². The molecule has 5 nitrogen and oxygen atoms in total. The van der Waals surface area contributed by atoms with Gasteiger partial charge in [0.15, 0.2) is 5.78 Å². The number of piperidine rings is 1. The topological polar surface area (TPSA) is 58.6 Å². The molecule has 1 heterocycles. The first-order chi connectivity index (χ1) is 12.0. The number of alkyl carbamates (subject to hydrolysis) is 1. The van der Waals surface area contributed by atoms with Crippen molar-refractivity contribution in [3.63, 3.8) is 0 Å². The Balaban J connectivity index is 2.56. The molecule has 0 atom stereocenters. The first-order valence-corrected chi connectivity index (χ1v) is 9.23. The average Bonchev–Trinajstić information content (AvgIpc) is 2.56. The Kier molecular flexibility index (Phi) is 7.82. The average molecular weight is 363 g/mol. The van der Waals surface area contributed by atoms with E-state index in [1.165, 1.54) is 0 Å². The number of likely N-dealkylation sites (tertiary alicyclic amines) is 1. The Morgan fingerprint density at radius 1 is 1.15 bits per heavy atom. The molecule has 1 aliphatic heterocycles. The molecule has 1 N–H and O–H groups in total. The molecule has 0 radical (unpaired) electrons. The lowest BCUT2D eigenvalue weighted by molar-refractivity contribution is -0.126.